The fraction of sp³-hybridized carbons (Fsp3) is 0.476. The first-order valence-electron chi connectivity index (χ1n) is 9.84. The molecule has 0 bridgehead atoms. The zero-order valence-electron chi connectivity index (χ0n) is 17.3. The number of aromatic nitrogens is 3. The Morgan fingerprint density at radius 2 is 1.93 bits per heavy atom. The molecule has 0 radical (unpaired) electrons. The topological polar surface area (TPSA) is 82.5 Å². The number of fused-ring (bicyclic) bond motifs is 1. The highest BCUT2D eigenvalue weighted by molar-refractivity contribution is 6.09. The Balaban J connectivity index is 1.63. The Labute approximate surface area is 170 Å². The van der Waals surface area contributed by atoms with Gasteiger partial charge in [-0.15, -0.1) is 0 Å². The summed E-state index contributed by atoms with van der Waals surface area (Å²) in [5.41, 5.74) is 1.75. The van der Waals surface area contributed by atoms with Gasteiger partial charge in [0.15, 0.2) is 5.69 Å². The lowest BCUT2D eigenvalue weighted by atomic mass is 9.99. The van der Waals surface area contributed by atoms with Crippen molar-refractivity contribution >= 4 is 17.6 Å². The number of amides is 2. The second-order valence-electron chi connectivity index (χ2n) is 8.43. The standard InChI is InChI=1S/C21H26N6O2/c1-14-5-6-16(24-12-14)27-15(18-19(20(27)29)23-8-7-22-18)11-17(28)26-10-9-25(4)21(2,3)13-26/h5-8,12,15H,9-11,13H2,1-4H3/t15-/m0/s1. The minimum Gasteiger partial charge on any atom is -0.340 e. The third-order valence-corrected chi connectivity index (χ3v) is 5.95. The molecule has 2 aromatic rings. The van der Waals surface area contributed by atoms with Crippen LogP contribution in [0.2, 0.25) is 0 Å². The Morgan fingerprint density at radius 1 is 1.17 bits per heavy atom. The van der Waals surface area contributed by atoms with Gasteiger partial charge in [-0.1, -0.05) is 6.07 Å². The zero-order valence-corrected chi connectivity index (χ0v) is 17.3. The third-order valence-electron chi connectivity index (χ3n) is 5.95. The van der Waals surface area contributed by atoms with E-state index in [4.69, 9.17) is 0 Å². The molecular weight excluding hydrogens is 368 g/mol. The summed E-state index contributed by atoms with van der Waals surface area (Å²) in [5, 5.41) is 0. The molecule has 4 rings (SSSR count). The number of hydrogen-bond acceptors (Lipinski definition) is 6. The number of likely N-dealkylation sites (N-methyl/N-ethyl adjacent to an activating group) is 1. The Morgan fingerprint density at radius 3 is 2.62 bits per heavy atom. The van der Waals surface area contributed by atoms with Crippen LogP contribution in [-0.4, -0.2) is 68.8 Å². The maximum absolute atomic E-state index is 13.2. The van der Waals surface area contributed by atoms with Gasteiger partial charge in [0.25, 0.3) is 5.91 Å². The van der Waals surface area contributed by atoms with Crippen LogP contribution in [0.1, 0.15) is 48.1 Å². The Bertz CT molecular complexity index is 942. The van der Waals surface area contributed by atoms with Gasteiger partial charge in [-0.2, -0.15) is 0 Å². The molecule has 2 aromatic heterocycles. The normalized spacial score (nSPS) is 21.4. The summed E-state index contributed by atoms with van der Waals surface area (Å²) < 4.78 is 0. The van der Waals surface area contributed by atoms with Gasteiger partial charge in [-0.25, -0.2) is 9.97 Å². The molecular formula is C21H26N6O2. The molecule has 0 spiro atoms. The summed E-state index contributed by atoms with van der Waals surface area (Å²) in [5.74, 6) is 0.262. The number of nitrogens with zero attached hydrogens (tertiary/aromatic N) is 6. The molecule has 0 N–H and O–H groups in total. The lowest BCUT2D eigenvalue weighted by Crippen LogP contribution is -2.59. The largest absolute Gasteiger partial charge is 0.340 e. The average molecular weight is 394 g/mol. The number of carbonyl (C=O) groups is 2. The predicted octanol–water partition coefficient (Wildman–Crippen LogP) is 1.82. The highest BCUT2D eigenvalue weighted by atomic mass is 16.2. The zero-order chi connectivity index (χ0) is 20.8. The number of hydrogen-bond donors (Lipinski definition) is 0. The van der Waals surface area contributed by atoms with Crippen LogP contribution >= 0.6 is 0 Å². The molecule has 8 heteroatoms. The number of pyridine rings is 1. The van der Waals surface area contributed by atoms with Gasteiger partial charge in [0, 0.05) is 43.8 Å². The number of carbonyl (C=O) groups excluding carboxylic acids is 2. The summed E-state index contributed by atoms with van der Waals surface area (Å²) in [4.78, 5) is 45.0. The van der Waals surface area contributed by atoms with E-state index in [9.17, 15) is 9.59 Å². The predicted molar refractivity (Wildman–Crippen MR) is 108 cm³/mol. The monoisotopic (exact) mass is 394 g/mol. The van der Waals surface area contributed by atoms with E-state index >= 15 is 0 Å². The summed E-state index contributed by atoms with van der Waals surface area (Å²) >= 11 is 0. The van der Waals surface area contributed by atoms with Gasteiger partial charge in [0.05, 0.1) is 18.2 Å². The highest BCUT2D eigenvalue weighted by Gasteiger charge is 2.43. The molecule has 0 unspecified atom stereocenters. The molecule has 0 aliphatic carbocycles. The van der Waals surface area contributed by atoms with E-state index in [1.54, 1.807) is 23.4 Å². The van der Waals surface area contributed by atoms with Crippen molar-refractivity contribution in [2.24, 2.45) is 0 Å². The number of aryl methyl sites for hydroxylation is 1. The first-order chi connectivity index (χ1) is 13.8. The van der Waals surface area contributed by atoms with Crippen LogP contribution in [-0.2, 0) is 4.79 Å². The maximum atomic E-state index is 13.2. The number of piperazine rings is 1. The molecule has 29 heavy (non-hydrogen) atoms. The molecule has 0 saturated carbocycles. The SMILES string of the molecule is Cc1ccc(N2C(=O)c3nccnc3[C@@H]2CC(=O)N2CCN(C)C(C)(C)C2)nc1. The van der Waals surface area contributed by atoms with Gasteiger partial charge < -0.3 is 4.90 Å². The van der Waals surface area contributed by atoms with Crippen molar-refractivity contribution in [3.63, 3.8) is 0 Å². The van der Waals surface area contributed by atoms with Crippen molar-refractivity contribution in [1.82, 2.24) is 24.8 Å². The second kappa shape index (κ2) is 7.18. The second-order valence-corrected chi connectivity index (χ2v) is 8.43. The minimum atomic E-state index is -0.503. The van der Waals surface area contributed by atoms with Crippen LogP contribution in [0.3, 0.4) is 0 Å². The summed E-state index contributed by atoms with van der Waals surface area (Å²) in [7, 11) is 2.08. The molecule has 4 heterocycles. The lowest BCUT2D eigenvalue weighted by Gasteiger charge is -2.45. The molecule has 2 aliphatic rings. The van der Waals surface area contributed by atoms with Crippen molar-refractivity contribution < 1.29 is 9.59 Å². The fourth-order valence-electron chi connectivity index (χ4n) is 3.94. The van der Waals surface area contributed by atoms with Gasteiger partial charge >= 0.3 is 0 Å². The van der Waals surface area contributed by atoms with E-state index in [-0.39, 0.29) is 23.8 Å². The van der Waals surface area contributed by atoms with Crippen LogP contribution < -0.4 is 4.90 Å². The van der Waals surface area contributed by atoms with E-state index in [2.05, 4.69) is 40.7 Å². The van der Waals surface area contributed by atoms with Crippen molar-refractivity contribution in [3.05, 3.63) is 47.7 Å². The first-order valence-corrected chi connectivity index (χ1v) is 9.84. The smallest absolute Gasteiger partial charge is 0.280 e. The van der Waals surface area contributed by atoms with Crippen molar-refractivity contribution in [3.8, 4) is 0 Å². The maximum Gasteiger partial charge on any atom is 0.280 e. The van der Waals surface area contributed by atoms with Crippen LogP contribution in [0.5, 0.6) is 0 Å². The molecule has 2 amide bonds. The van der Waals surface area contributed by atoms with E-state index in [1.807, 2.05) is 17.9 Å². The van der Waals surface area contributed by atoms with Crippen LogP contribution in [0.25, 0.3) is 0 Å². The molecule has 1 atom stereocenters. The fourth-order valence-corrected chi connectivity index (χ4v) is 3.94. The molecule has 8 nitrogen and oxygen atoms in total. The van der Waals surface area contributed by atoms with Gasteiger partial charge in [-0.3, -0.25) is 24.4 Å². The molecule has 1 saturated heterocycles. The van der Waals surface area contributed by atoms with Gasteiger partial charge in [0.1, 0.15) is 5.82 Å². The number of anilines is 1. The minimum absolute atomic E-state index is 0.0135. The van der Waals surface area contributed by atoms with Gasteiger partial charge in [-0.05, 0) is 39.4 Å². The van der Waals surface area contributed by atoms with Crippen molar-refractivity contribution in [2.75, 3.05) is 31.6 Å². The molecule has 0 aromatic carbocycles. The lowest BCUT2D eigenvalue weighted by molar-refractivity contribution is -0.136. The Kier molecular flexibility index (Phi) is 4.82. The summed E-state index contributed by atoms with van der Waals surface area (Å²) in [6, 6.07) is 3.20. The van der Waals surface area contributed by atoms with Crippen molar-refractivity contribution in [1.29, 1.82) is 0 Å². The van der Waals surface area contributed by atoms with Crippen LogP contribution in [0.4, 0.5) is 5.82 Å². The average Bonchev–Trinajstić information content (AvgIpc) is 2.97. The highest BCUT2D eigenvalue weighted by Crippen LogP contribution is 2.37. The quantitative estimate of drug-likeness (QED) is 0.790. The van der Waals surface area contributed by atoms with E-state index in [0.29, 0.717) is 30.3 Å². The van der Waals surface area contributed by atoms with E-state index < -0.39 is 6.04 Å². The third kappa shape index (κ3) is 3.48. The first kappa shape index (κ1) is 19.4. The Hall–Kier alpha value is -2.87. The van der Waals surface area contributed by atoms with E-state index in [1.165, 1.54) is 6.20 Å². The molecule has 152 valence electrons. The van der Waals surface area contributed by atoms with Crippen LogP contribution in [0.15, 0.2) is 30.7 Å². The van der Waals surface area contributed by atoms with Crippen molar-refractivity contribution in [2.45, 2.75) is 38.8 Å². The number of rotatable bonds is 3. The molecule has 1 fully saturated rings. The van der Waals surface area contributed by atoms with E-state index in [0.717, 1.165) is 12.1 Å². The molecule has 2 aliphatic heterocycles. The van der Waals surface area contributed by atoms with Gasteiger partial charge in [0.2, 0.25) is 5.91 Å². The summed E-state index contributed by atoms with van der Waals surface area (Å²) in [6.45, 7) is 8.36. The summed E-state index contributed by atoms with van der Waals surface area (Å²) in [6.07, 6.45) is 4.94. The van der Waals surface area contributed by atoms with Crippen LogP contribution in [0, 0.1) is 6.92 Å².